The molecule has 130 valence electrons. The number of ether oxygens (including phenoxy) is 1. The van der Waals surface area contributed by atoms with E-state index < -0.39 is 0 Å². The molecular formula is C19H25BrN2O2. The Morgan fingerprint density at radius 2 is 1.83 bits per heavy atom. The van der Waals surface area contributed by atoms with Gasteiger partial charge in [-0.15, -0.1) is 0 Å². The minimum absolute atomic E-state index is 0.312. The normalized spacial score (nSPS) is 12.1. The molecule has 0 spiro atoms. The SMILES string of the molecule is C[C@H](O)CNCCNCc1cc(Br)ccc1OCc1ccccc1. The molecule has 0 aliphatic carbocycles. The van der Waals surface area contributed by atoms with Gasteiger partial charge in [-0.1, -0.05) is 46.3 Å². The lowest BCUT2D eigenvalue weighted by atomic mass is 10.2. The number of hydrogen-bond acceptors (Lipinski definition) is 4. The lowest BCUT2D eigenvalue weighted by Gasteiger charge is -2.13. The number of rotatable bonds is 10. The molecule has 1 atom stereocenters. The van der Waals surface area contributed by atoms with Gasteiger partial charge in [-0.25, -0.2) is 0 Å². The molecular weight excluding hydrogens is 368 g/mol. The van der Waals surface area contributed by atoms with E-state index in [-0.39, 0.29) is 6.10 Å². The predicted octanol–water partition coefficient (Wildman–Crippen LogP) is 3.09. The maximum atomic E-state index is 9.20. The molecule has 4 nitrogen and oxygen atoms in total. The summed E-state index contributed by atoms with van der Waals surface area (Å²) in [5.41, 5.74) is 2.28. The number of halogens is 1. The average Bonchev–Trinajstić information content (AvgIpc) is 2.58. The van der Waals surface area contributed by atoms with E-state index in [0.717, 1.165) is 41.0 Å². The minimum atomic E-state index is -0.312. The first kappa shape index (κ1) is 18.9. The summed E-state index contributed by atoms with van der Waals surface area (Å²) >= 11 is 3.52. The summed E-state index contributed by atoms with van der Waals surface area (Å²) in [6.07, 6.45) is -0.312. The van der Waals surface area contributed by atoms with Gasteiger partial charge in [0.1, 0.15) is 12.4 Å². The van der Waals surface area contributed by atoms with E-state index in [1.807, 2.05) is 30.3 Å². The van der Waals surface area contributed by atoms with Crippen molar-refractivity contribution >= 4 is 15.9 Å². The Labute approximate surface area is 152 Å². The molecule has 0 aliphatic heterocycles. The fourth-order valence-corrected chi connectivity index (χ4v) is 2.68. The molecule has 0 saturated heterocycles. The Hall–Kier alpha value is -1.40. The van der Waals surface area contributed by atoms with Gasteiger partial charge in [-0.05, 0) is 30.7 Å². The summed E-state index contributed by atoms with van der Waals surface area (Å²) in [5, 5.41) is 15.8. The topological polar surface area (TPSA) is 53.5 Å². The molecule has 2 aromatic rings. The highest BCUT2D eigenvalue weighted by Gasteiger charge is 2.05. The summed E-state index contributed by atoms with van der Waals surface area (Å²) < 4.78 is 7.02. The minimum Gasteiger partial charge on any atom is -0.489 e. The van der Waals surface area contributed by atoms with Crippen molar-refractivity contribution < 1.29 is 9.84 Å². The van der Waals surface area contributed by atoms with E-state index in [9.17, 15) is 5.11 Å². The predicted molar refractivity (Wildman–Crippen MR) is 101 cm³/mol. The molecule has 24 heavy (non-hydrogen) atoms. The molecule has 0 aliphatic rings. The van der Waals surface area contributed by atoms with Crippen LogP contribution in [-0.2, 0) is 13.2 Å². The summed E-state index contributed by atoms with van der Waals surface area (Å²) in [6.45, 7) is 5.34. The van der Waals surface area contributed by atoms with Gasteiger partial charge in [0.05, 0.1) is 6.10 Å². The first-order chi connectivity index (χ1) is 11.6. The summed E-state index contributed by atoms with van der Waals surface area (Å²) in [7, 11) is 0. The van der Waals surface area contributed by atoms with Crippen molar-refractivity contribution in [1.29, 1.82) is 0 Å². The van der Waals surface area contributed by atoms with Crippen molar-refractivity contribution in [3.8, 4) is 5.75 Å². The van der Waals surface area contributed by atoms with Crippen LogP contribution in [0.1, 0.15) is 18.1 Å². The Bertz CT molecular complexity index is 606. The number of aliphatic hydroxyl groups is 1. The molecule has 0 aromatic heterocycles. The Balaban J connectivity index is 1.83. The van der Waals surface area contributed by atoms with Crippen LogP contribution in [0, 0.1) is 0 Å². The van der Waals surface area contributed by atoms with Crippen molar-refractivity contribution in [3.05, 3.63) is 64.1 Å². The third-order valence-electron chi connectivity index (χ3n) is 3.49. The van der Waals surface area contributed by atoms with Gasteiger partial charge in [-0.3, -0.25) is 0 Å². The highest BCUT2D eigenvalue weighted by atomic mass is 79.9. The smallest absolute Gasteiger partial charge is 0.124 e. The monoisotopic (exact) mass is 392 g/mol. The maximum absolute atomic E-state index is 9.20. The highest BCUT2D eigenvalue weighted by molar-refractivity contribution is 9.10. The van der Waals surface area contributed by atoms with Crippen LogP contribution in [-0.4, -0.2) is 30.8 Å². The van der Waals surface area contributed by atoms with Gasteiger partial charge in [0, 0.05) is 36.2 Å². The van der Waals surface area contributed by atoms with E-state index in [0.29, 0.717) is 13.2 Å². The molecule has 0 amide bonds. The number of benzene rings is 2. The number of aliphatic hydroxyl groups excluding tert-OH is 1. The Kier molecular flexibility index (Phi) is 8.25. The molecule has 2 rings (SSSR count). The van der Waals surface area contributed by atoms with Gasteiger partial charge in [-0.2, -0.15) is 0 Å². The lowest BCUT2D eigenvalue weighted by Crippen LogP contribution is -2.31. The third kappa shape index (κ3) is 7.01. The van der Waals surface area contributed by atoms with Crippen LogP contribution in [0.15, 0.2) is 53.0 Å². The standard InChI is InChI=1S/C19H25BrN2O2/c1-15(23)12-21-9-10-22-13-17-11-18(20)7-8-19(17)24-14-16-5-3-2-4-6-16/h2-8,11,15,21-23H,9-10,12-14H2,1H3/t15-/m0/s1. The summed E-state index contributed by atoms with van der Waals surface area (Å²) in [4.78, 5) is 0. The van der Waals surface area contributed by atoms with Gasteiger partial charge >= 0.3 is 0 Å². The van der Waals surface area contributed by atoms with Crippen molar-refractivity contribution in [1.82, 2.24) is 10.6 Å². The molecule has 3 N–H and O–H groups in total. The first-order valence-corrected chi connectivity index (χ1v) is 8.99. The zero-order chi connectivity index (χ0) is 17.2. The van der Waals surface area contributed by atoms with Crippen molar-refractivity contribution in [2.45, 2.75) is 26.2 Å². The van der Waals surface area contributed by atoms with Gasteiger partial charge in [0.25, 0.3) is 0 Å². The molecule has 0 heterocycles. The van der Waals surface area contributed by atoms with E-state index in [1.54, 1.807) is 6.92 Å². The summed E-state index contributed by atoms with van der Waals surface area (Å²) in [6, 6.07) is 16.2. The maximum Gasteiger partial charge on any atom is 0.124 e. The molecule has 0 bridgehead atoms. The molecule has 0 saturated carbocycles. The molecule has 0 fully saturated rings. The van der Waals surface area contributed by atoms with Crippen molar-refractivity contribution in [2.75, 3.05) is 19.6 Å². The quantitative estimate of drug-likeness (QED) is 0.543. The largest absolute Gasteiger partial charge is 0.489 e. The van der Waals surface area contributed by atoms with Crippen LogP contribution in [0.3, 0.4) is 0 Å². The zero-order valence-corrected chi connectivity index (χ0v) is 15.6. The van der Waals surface area contributed by atoms with Crippen molar-refractivity contribution in [2.24, 2.45) is 0 Å². The molecule has 0 unspecified atom stereocenters. The first-order valence-electron chi connectivity index (χ1n) is 8.20. The second kappa shape index (κ2) is 10.5. The second-order valence-corrected chi connectivity index (χ2v) is 6.67. The lowest BCUT2D eigenvalue weighted by molar-refractivity contribution is 0.191. The van der Waals surface area contributed by atoms with Crippen LogP contribution in [0.5, 0.6) is 5.75 Å². The fourth-order valence-electron chi connectivity index (χ4n) is 2.27. The van der Waals surface area contributed by atoms with Crippen molar-refractivity contribution in [3.63, 3.8) is 0 Å². The van der Waals surface area contributed by atoms with Gasteiger partial charge in [0.2, 0.25) is 0 Å². The fraction of sp³-hybridized carbons (Fsp3) is 0.368. The highest BCUT2D eigenvalue weighted by Crippen LogP contribution is 2.24. The Morgan fingerprint density at radius 1 is 1.08 bits per heavy atom. The van der Waals surface area contributed by atoms with Crippen LogP contribution >= 0.6 is 15.9 Å². The van der Waals surface area contributed by atoms with Crippen LogP contribution in [0.4, 0.5) is 0 Å². The van der Waals surface area contributed by atoms with E-state index >= 15 is 0 Å². The third-order valence-corrected chi connectivity index (χ3v) is 3.99. The number of nitrogens with one attached hydrogen (secondary N) is 2. The zero-order valence-electron chi connectivity index (χ0n) is 14.0. The van der Waals surface area contributed by atoms with E-state index in [1.165, 1.54) is 0 Å². The number of hydrogen-bond donors (Lipinski definition) is 3. The van der Waals surface area contributed by atoms with Crippen LogP contribution < -0.4 is 15.4 Å². The molecule has 2 aromatic carbocycles. The Morgan fingerprint density at radius 3 is 2.58 bits per heavy atom. The second-order valence-electron chi connectivity index (χ2n) is 5.76. The molecule has 5 heteroatoms. The van der Waals surface area contributed by atoms with Crippen LogP contribution in [0.25, 0.3) is 0 Å². The average molecular weight is 393 g/mol. The van der Waals surface area contributed by atoms with E-state index in [2.05, 4.69) is 44.8 Å². The summed E-state index contributed by atoms with van der Waals surface area (Å²) in [5.74, 6) is 0.895. The van der Waals surface area contributed by atoms with Gasteiger partial charge in [0.15, 0.2) is 0 Å². The van der Waals surface area contributed by atoms with E-state index in [4.69, 9.17) is 4.74 Å². The van der Waals surface area contributed by atoms with Gasteiger partial charge < -0.3 is 20.5 Å². The molecule has 0 radical (unpaired) electrons. The van der Waals surface area contributed by atoms with Crippen LogP contribution in [0.2, 0.25) is 0 Å².